The van der Waals surface area contributed by atoms with Crippen molar-refractivity contribution < 1.29 is 18.3 Å². The molecule has 0 aliphatic rings. The Morgan fingerprint density at radius 2 is 2.31 bits per heavy atom. The minimum absolute atomic E-state index is 0.0322. The second-order valence-corrected chi connectivity index (χ2v) is 4.14. The normalized spacial score (nSPS) is 10.6. The Bertz CT molecular complexity index is 415. The van der Waals surface area contributed by atoms with Gasteiger partial charge in [-0.3, -0.25) is 0 Å². The molecule has 1 heterocycles. The average Bonchev–Trinajstić information content (AvgIpc) is 2.28. The Kier molecular flexibility index (Phi) is 4.85. The molecule has 88 valence electrons. The molecule has 0 aromatic carbocycles. The number of carbonyl (C=O) groups excluding carboxylic acids is 1. The largest absolute Gasteiger partial charge is 0.464 e. The van der Waals surface area contributed by atoms with Gasteiger partial charge in [-0.05, 0) is 34.2 Å². The van der Waals surface area contributed by atoms with Gasteiger partial charge in [0.25, 0.3) is 6.43 Å². The number of hydrogen-bond acceptors (Lipinski definition) is 3. The Hall–Kier alpha value is -0.500. The molecule has 1 aromatic heterocycles. The van der Waals surface area contributed by atoms with E-state index < -0.39 is 18.1 Å². The topological polar surface area (TPSA) is 39.2 Å². The number of hydrogen-bond donors (Lipinski definition) is 0. The van der Waals surface area contributed by atoms with Crippen molar-refractivity contribution in [3.8, 4) is 0 Å². The van der Waals surface area contributed by atoms with Crippen molar-refractivity contribution in [2.45, 2.75) is 12.3 Å². The van der Waals surface area contributed by atoms with E-state index in [1.165, 1.54) is 6.07 Å². The van der Waals surface area contributed by atoms with Crippen molar-refractivity contribution >= 4 is 40.2 Å². The summed E-state index contributed by atoms with van der Waals surface area (Å²) in [5.41, 5.74) is -0.166. The monoisotopic (exact) mass is 361 g/mol. The van der Waals surface area contributed by atoms with Crippen LogP contribution in [0, 0.1) is 3.57 Å². The van der Waals surface area contributed by atoms with Gasteiger partial charge in [0, 0.05) is 5.88 Å². The number of rotatable bonds is 3. The first-order valence-corrected chi connectivity index (χ1v) is 5.74. The molecule has 0 N–H and O–H groups in total. The van der Waals surface area contributed by atoms with Crippen LogP contribution in [0.25, 0.3) is 0 Å². The highest BCUT2D eigenvalue weighted by atomic mass is 127. The van der Waals surface area contributed by atoms with Crippen molar-refractivity contribution in [3.05, 3.63) is 26.6 Å². The van der Waals surface area contributed by atoms with E-state index in [2.05, 4.69) is 9.72 Å². The number of aromatic nitrogens is 1. The van der Waals surface area contributed by atoms with Gasteiger partial charge in [0.2, 0.25) is 0 Å². The van der Waals surface area contributed by atoms with E-state index >= 15 is 0 Å². The highest BCUT2D eigenvalue weighted by molar-refractivity contribution is 14.1. The molecule has 0 aliphatic carbocycles. The van der Waals surface area contributed by atoms with Gasteiger partial charge in [0.05, 0.1) is 10.7 Å². The number of pyridine rings is 1. The highest BCUT2D eigenvalue weighted by Crippen LogP contribution is 2.24. The third kappa shape index (κ3) is 2.79. The maximum Gasteiger partial charge on any atom is 0.357 e. The lowest BCUT2D eigenvalue weighted by Gasteiger charge is -2.08. The summed E-state index contributed by atoms with van der Waals surface area (Å²) < 4.78 is 29.9. The van der Waals surface area contributed by atoms with Crippen molar-refractivity contribution in [1.82, 2.24) is 4.98 Å². The molecule has 0 amide bonds. The highest BCUT2D eigenvalue weighted by Gasteiger charge is 2.20. The maximum atomic E-state index is 12.5. The molecule has 16 heavy (non-hydrogen) atoms. The van der Waals surface area contributed by atoms with Crippen LogP contribution < -0.4 is 0 Å². The summed E-state index contributed by atoms with van der Waals surface area (Å²) in [4.78, 5) is 14.9. The number of halogens is 4. The summed E-state index contributed by atoms with van der Waals surface area (Å²) in [5.74, 6) is -0.719. The molecule has 3 nitrogen and oxygen atoms in total. The third-order valence-electron chi connectivity index (χ3n) is 1.80. The van der Waals surface area contributed by atoms with E-state index in [0.717, 1.165) is 7.11 Å². The molecule has 0 radical (unpaired) electrons. The van der Waals surface area contributed by atoms with Gasteiger partial charge in [-0.1, -0.05) is 0 Å². The molecule has 0 saturated carbocycles. The Labute approximate surface area is 109 Å². The second kappa shape index (κ2) is 5.72. The summed E-state index contributed by atoms with van der Waals surface area (Å²) >= 11 is 7.43. The zero-order valence-corrected chi connectivity index (χ0v) is 11.1. The summed E-state index contributed by atoms with van der Waals surface area (Å²) in [7, 11) is 1.16. The lowest BCUT2D eigenvalue weighted by atomic mass is 10.2. The molecule has 1 rings (SSSR count). The number of carbonyl (C=O) groups is 1. The molecule has 0 aliphatic heterocycles. The molecule has 0 atom stereocenters. The van der Waals surface area contributed by atoms with Crippen LogP contribution in [-0.4, -0.2) is 18.1 Å². The molecular formula is C9H7ClF2INO2. The third-order valence-corrected chi connectivity index (χ3v) is 3.29. The van der Waals surface area contributed by atoms with Crippen LogP contribution in [-0.2, 0) is 10.6 Å². The first-order valence-electron chi connectivity index (χ1n) is 4.13. The summed E-state index contributed by atoms with van der Waals surface area (Å²) in [6.07, 6.45) is -2.75. The van der Waals surface area contributed by atoms with Gasteiger partial charge in [-0.25, -0.2) is 18.6 Å². The van der Waals surface area contributed by atoms with Crippen molar-refractivity contribution in [3.63, 3.8) is 0 Å². The fraction of sp³-hybridized carbons (Fsp3) is 0.333. The summed E-state index contributed by atoms with van der Waals surface area (Å²) in [6.45, 7) is 0. The predicted molar refractivity (Wildman–Crippen MR) is 62.8 cm³/mol. The van der Waals surface area contributed by atoms with Gasteiger partial charge in [-0.2, -0.15) is 0 Å². The van der Waals surface area contributed by atoms with Gasteiger partial charge < -0.3 is 4.74 Å². The number of ether oxygens (including phenoxy) is 1. The minimum Gasteiger partial charge on any atom is -0.464 e. The van der Waals surface area contributed by atoms with Crippen LogP contribution in [0.5, 0.6) is 0 Å². The minimum atomic E-state index is -2.75. The smallest absolute Gasteiger partial charge is 0.357 e. The van der Waals surface area contributed by atoms with Crippen molar-refractivity contribution in [2.24, 2.45) is 0 Å². The molecule has 1 aromatic rings. The Morgan fingerprint density at radius 1 is 1.69 bits per heavy atom. The Morgan fingerprint density at radius 3 is 2.75 bits per heavy atom. The SMILES string of the molecule is COC(=O)c1nc(C(F)F)cc(CCl)c1I. The quantitative estimate of drug-likeness (QED) is 0.472. The molecular weight excluding hydrogens is 354 g/mol. The first-order chi connectivity index (χ1) is 7.51. The molecule has 0 bridgehead atoms. The van der Waals surface area contributed by atoms with E-state index in [4.69, 9.17) is 11.6 Å². The summed E-state index contributed by atoms with van der Waals surface area (Å²) in [5, 5.41) is 0. The van der Waals surface area contributed by atoms with E-state index in [9.17, 15) is 13.6 Å². The molecule has 7 heteroatoms. The fourth-order valence-corrected chi connectivity index (χ4v) is 2.17. The van der Waals surface area contributed by atoms with Crippen LogP contribution in [0.3, 0.4) is 0 Å². The maximum absolute atomic E-state index is 12.5. The zero-order valence-electron chi connectivity index (χ0n) is 8.14. The zero-order chi connectivity index (χ0) is 12.3. The average molecular weight is 362 g/mol. The lowest BCUT2D eigenvalue weighted by molar-refractivity contribution is 0.0590. The number of esters is 1. The van der Waals surface area contributed by atoms with Gasteiger partial charge in [-0.15, -0.1) is 11.6 Å². The Balaban J connectivity index is 3.35. The van der Waals surface area contributed by atoms with Crippen LogP contribution in [0.1, 0.15) is 28.2 Å². The van der Waals surface area contributed by atoms with Crippen LogP contribution >= 0.6 is 34.2 Å². The number of nitrogens with zero attached hydrogens (tertiary/aromatic N) is 1. The standard InChI is InChI=1S/C9H7ClF2INO2/c1-16-9(15)7-6(13)4(3-10)2-5(14-7)8(11)12/h2,8H,3H2,1H3. The molecule has 0 unspecified atom stereocenters. The van der Waals surface area contributed by atoms with E-state index in [1.807, 2.05) is 22.6 Å². The number of alkyl halides is 3. The molecule has 0 saturated heterocycles. The van der Waals surface area contributed by atoms with Crippen LogP contribution in [0.4, 0.5) is 8.78 Å². The van der Waals surface area contributed by atoms with Crippen molar-refractivity contribution in [2.75, 3.05) is 7.11 Å². The second-order valence-electron chi connectivity index (χ2n) is 2.79. The fourth-order valence-electron chi connectivity index (χ4n) is 1.05. The van der Waals surface area contributed by atoms with Gasteiger partial charge >= 0.3 is 5.97 Å². The molecule has 0 fully saturated rings. The van der Waals surface area contributed by atoms with Crippen LogP contribution in [0.15, 0.2) is 6.07 Å². The van der Waals surface area contributed by atoms with Gasteiger partial charge in [0.15, 0.2) is 5.69 Å². The lowest BCUT2D eigenvalue weighted by Crippen LogP contribution is -2.11. The molecule has 0 spiro atoms. The van der Waals surface area contributed by atoms with E-state index in [-0.39, 0.29) is 11.6 Å². The number of methoxy groups -OCH3 is 1. The van der Waals surface area contributed by atoms with Crippen molar-refractivity contribution in [1.29, 1.82) is 0 Å². The predicted octanol–water partition coefficient (Wildman–Crippen LogP) is 3.15. The van der Waals surface area contributed by atoms with Crippen LogP contribution in [0.2, 0.25) is 0 Å². The van der Waals surface area contributed by atoms with E-state index in [0.29, 0.717) is 9.13 Å². The van der Waals surface area contributed by atoms with Gasteiger partial charge in [0.1, 0.15) is 5.69 Å². The van der Waals surface area contributed by atoms with E-state index in [1.54, 1.807) is 0 Å². The summed E-state index contributed by atoms with van der Waals surface area (Å²) in [6, 6.07) is 1.19. The first kappa shape index (κ1) is 13.6.